The molecule has 10 heteroatoms. The van der Waals surface area contributed by atoms with Crippen LogP contribution in [0.15, 0.2) is 29.0 Å². The van der Waals surface area contributed by atoms with E-state index in [1.54, 1.807) is 18.3 Å². The van der Waals surface area contributed by atoms with E-state index in [4.69, 9.17) is 4.52 Å². The number of sulfonamides is 1. The fourth-order valence-electron chi connectivity index (χ4n) is 2.71. The molecule has 0 unspecified atom stereocenters. The molecule has 134 valence electrons. The van der Waals surface area contributed by atoms with Crippen LogP contribution >= 0.6 is 0 Å². The third kappa shape index (κ3) is 4.40. The second-order valence-electron chi connectivity index (χ2n) is 5.91. The molecule has 1 saturated heterocycles. The highest BCUT2D eigenvalue weighted by Crippen LogP contribution is 2.26. The Morgan fingerprint density at radius 2 is 2.16 bits per heavy atom. The zero-order valence-corrected chi connectivity index (χ0v) is 14.6. The minimum atomic E-state index is -3.15. The summed E-state index contributed by atoms with van der Waals surface area (Å²) in [6, 6.07) is 3.35. The van der Waals surface area contributed by atoms with Gasteiger partial charge in [0.1, 0.15) is 0 Å². The highest BCUT2D eigenvalue weighted by Gasteiger charge is 2.28. The van der Waals surface area contributed by atoms with Crippen molar-refractivity contribution in [1.29, 1.82) is 0 Å². The van der Waals surface area contributed by atoms with Gasteiger partial charge in [-0.05, 0) is 25.0 Å². The van der Waals surface area contributed by atoms with Crippen LogP contribution in [0.5, 0.6) is 0 Å². The Morgan fingerprint density at radius 1 is 1.40 bits per heavy atom. The molecule has 0 atom stereocenters. The normalized spacial score (nSPS) is 16.7. The van der Waals surface area contributed by atoms with Gasteiger partial charge in [0.05, 0.1) is 18.4 Å². The van der Waals surface area contributed by atoms with Crippen LogP contribution in [0.2, 0.25) is 0 Å². The Labute approximate surface area is 145 Å². The average molecular weight is 365 g/mol. The predicted octanol–water partition coefficient (Wildman–Crippen LogP) is 0.534. The number of hydrogen-bond acceptors (Lipinski definition) is 7. The molecule has 3 heterocycles. The SMILES string of the molecule is CS(=O)(=O)N1CCC(c2noc(CNC(=O)c3cccnc3)n2)CC1. The standard InChI is InChI=1S/C15H19N5O4S/c1-25(22,23)20-7-4-11(5-8-20)14-18-13(24-19-14)10-17-15(21)12-3-2-6-16-9-12/h2-3,6,9,11H,4-5,7-8,10H2,1H3,(H,17,21). The monoisotopic (exact) mass is 365 g/mol. The van der Waals surface area contributed by atoms with Gasteiger partial charge in [0.15, 0.2) is 5.82 Å². The predicted molar refractivity (Wildman–Crippen MR) is 88.1 cm³/mol. The Balaban J connectivity index is 1.54. The van der Waals surface area contributed by atoms with Crippen molar-refractivity contribution in [3.8, 4) is 0 Å². The van der Waals surface area contributed by atoms with Crippen LogP contribution in [0.1, 0.15) is 40.8 Å². The third-order valence-electron chi connectivity index (χ3n) is 4.10. The van der Waals surface area contributed by atoms with Gasteiger partial charge in [0, 0.05) is 31.4 Å². The number of carbonyl (C=O) groups is 1. The molecule has 1 fully saturated rings. The molecule has 0 aliphatic carbocycles. The molecule has 9 nitrogen and oxygen atoms in total. The van der Waals surface area contributed by atoms with Crippen molar-refractivity contribution in [1.82, 2.24) is 24.7 Å². The number of pyridine rings is 1. The van der Waals surface area contributed by atoms with Crippen molar-refractivity contribution in [2.75, 3.05) is 19.3 Å². The molecule has 1 aliphatic rings. The number of piperidine rings is 1. The van der Waals surface area contributed by atoms with Crippen molar-refractivity contribution in [3.05, 3.63) is 41.8 Å². The van der Waals surface area contributed by atoms with Crippen LogP contribution in [-0.4, -0.2) is 53.1 Å². The number of rotatable bonds is 5. The van der Waals surface area contributed by atoms with Gasteiger partial charge >= 0.3 is 0 Å². The minimum Gasteiger partial charge on any atom is -0.343 e. The van der Waals surface area contributed by atoms with E-state index in [-0.39, 0.29) is 18.4 Å². The lowest BCUT2D eigenvalue weighted by atomic mass is 9.98. The van der Waals surface area contributed by atoms with Crippen molar-refractivity contribution in [3.63, 3.8) is 0 Å². The Morgan fingerprint density at radius 3 is 2.80 bits per heavy atom. The van der Waals surface area contributed by atoms with Gasteiger partial charge < -0.3 is 9.84 Å². The molecule has 0 bridgehead atoms. The molecule has 25 heavy (non-hydrogen) atoms. The first-order valence-electron chi connectivity index (χ1n) is 7.89. The van der Waals surface area contributed by atoms with Gasteiger partial charge in [0.25, 0.3) is 5.91 Å². The van der Waals surface area contributed by atoms with Crippen molar-refractivity contribution >= 4 is 15.9 Å². The average Bonchev–Trinajstić information content (AvgIpc) is 3.09. The van der Waals surface area contributed by atoms with Crippen LogP contribution in [0.3, 0.4) is 0 Å². The van der Waals surface area contributed by atoms with Crippen LogP contribution < -0.4 is 5.32 Å². The number of hydrogen-bond donors (Lipinski definition) is 1. The minimum absolute atomic E-state index is 0.0597. The van der Waals surface area contributed by atoms with E-state index < -0.39 is 10.0 Å². The van der Waals surface area contributed by atoms with E-state index in [9.17, 15) is 13.2 Å². The van der Waals surface area contributed by atoms with Crippen molar-refractivity contribution in [2.24, 2.45) is 0 Å². The second kappa shape index (κ2) is 7.28. The molecule has 1 aliphatic heterocycles. The zero-order chi connectivity index (χ0) is 17.9. The van der Waals surface area contributed by atoms with Gasteiger partial charge in [-0.15, -0.1) is 0 Å². The molecule has 1 amide bonds. The summed E-state index contributed by atoms with van der Waals surface area (Å²) in [6.45, 7) is 1.03. The van der Waals surface area contributed by atoms with E-state index >= 15 is 0 Å². The highest BCUT2D eigenvalue weighted by atomic mass is 32.2. The van der Waals surface area contributed by atoms with Crippen LogP contribution in [-0.2, 0) is 16.6 Å². The lowest BCUT2D eigenvalue weighted by molar-refractivity contribution is 0.0946. The Hall–Kier alpha value is -2.33. The molecule has 0 radical (unpaired) electrons. The highest BCUT2D eigenvalue weighted by molar-refractivity contribution is 7.88. The van der Waals surface area contributed by atoms with E-state index in [0.717, 1.165) is 0 Å². The molecule has 0 aromatic carbocycles. The summed E-state index contributed by atoms with van der Waals surface area (Å²) in [7, 11) is -3.15. The number of amides is 1. The van der Waals surface area contributed by atoms with Crippen molar-refractivity contribution in [2.45, 2.75) is 25.3 Å². The summed E-state index contributed by atoms with van der Waals surface area (Å²) in [4.78, 5) is 20.2. The first-order valence-corrected chi connectivity index (χ1v) is 9.74. The summed E-state index contributed by atoms with van der Waals surface area (Å²) in [5, 5.41) is 6.66. The quantitative estimate of drug-likeness (QED) is 0.821. The molecular weight excluding hydrogens is 346 g/mol. The summed E-state index contributed by atoms with van der Waals surface area (Å²) >= 11 is 0. The van der Waals surface area contributed by atoms with Gasteiger partial charge in [0.2, 0.25) is 15.9 Å². The maximum absolute atomic E-state index is 12.0. The Bertz CT molecular complexity index is 829. The lowest BCUT2D eigenvalue weighted by Gasteiger charge is -2.28. The molecule has 2 aromatic heterocycles. The van der Waals surface area contributed by atoms with Crippen LogP contribution in [0.4, 0.5) is 0 Å². The van der Waals surface area contributed by atoms with Crippen molar-refractivity contribution < 1.29 is 17.7 Å². The number of aromatic nitrogens is 3. The second-order valence-corrected chi connectivity index (χ2v) is 7.89. The topological polar surface area (TPSA) is 118 Å². The van der Waals surface area contributed by atoms with Gasteiger partial charge in [-0.1, -0.05) is 5.16 Å². The Kier molecular flexibility index (Phi) is 5.09. The summed E-state index contributed by atoms with van der Waals surface area (Å²) in [5.74, 6) is 0.662. The van der Waals surface area contributed by atoms with E-state index in [1.807, 2.05) is 0 Å². The molecule has 3 rings (SSSR count). The largest absolute Gasteiger partial charge is 0.343 e. The maximum Gasteiger partial charge on any atom is 0.253 e. The fraction of sp³-hybridized carbons (Fsp3) is 0.467. The van der Waals surface area contributed by atoms with E-state index in [0.29, 0.717) is 43.2 Å². The van der Waals surface area contributed by atoms with Crippen LogP contribution in [0, 0.1) is 0 Å². The third-order valence-corrected chi connectivity index (χ3v) is 5.40. The fourth-order valence-corrected chi connectivity index (χ4v) is 3.58. The summed E-state index contributed by atoms with van der Waals surface area (Å²) < 4.78 is 29.7. The molecular formula is C15H19N5O4S. The van der Waals surface area contributed by atoms with Gasteiger partial charge in [-0.2, -0.15) is 4.98 Å². The summed E-state index contributed by atoms with van der Waals surface area (Å²) in [6.07, 6.45) is 5.58. The lowest BCUT2D eigenvalue weighted by Crippen LogP contribution is -2.37. The van der Waals surface area contributed by atoms with Gasteiger partial charge in [-0.25, -0.2) is 12.7 Å². The number of nitrogens with one attached hydrogen (secondary N) is 1. The van der Waals surface area contributed by atoms with E-state index in [2.05, 4.69) is 20.4 Å². The smallest absolute Gasteiger partial charge is 0.253 e. The summed E-state index contributed by atoms with van der Waals surface area (Å²) in [5.41, 5.74) is 0.454. The van der Waals surface area contributed by atoms with E-state index in [1.165, 1.54) is 16.8 Å². The first-order chi connectivity index (χ1) is 11.9. The molecule has 0 saturated carbocycles. The van der Waals surface area contributed by atoms with Gasteiger partial charge in [-0.3, -0.25) is 9.78 Å². The molecule has 1 N–H and O–H groups in total. The number of nitrogens with zero attached hydrogens (tertiary/aromatic N) is 4. The number of carbonyl (C=O) groups excluding carboxylic acids is 1. The first kappa shape index (κ1) is 17.5. The zero-order valence-electron chi connectivity index (χ0n) is 13.8. The molecule has 2 aromatic rings. The van der Waals surface area contributed by atoms with Crippen LogP contribution in [0.25, 0.3) is 0 Å². The maximum atomic E-state index is 12.0. The molecule has 0 spiro atoms.